The maximum Gasteiger partial charge on any atom is 0.0995 e. The van der Waals surface area contributed by atoms with Crippen LogP contribution in [0.25, 0.3) is 0 Å². The van der Waals surface area contributed by atoms with Crippen molar-refractivity contribution in [3.05, 3.63) is 35.4 Å². The van der Waals surface area contributed by atoms with E-state index in [1.165, 1.54) is 0 Å². The Morgan fingerprint density at radius 3 is 2.31 bits per heavy atom. The van der Waals surface area contributed by atoms with Gasteiger partial charge in [0.15, 0.2) is 0 Å². The van der Waals surface area contributed by atoms with Gasteiger partial charge in [0.25, 0.3) is 0 Å². The van der Waals surface area contributed by atoms with E-state index in [2.05, 4.69) is 11.1 Å². The summed E-state index contributed by atoms with van der Waals surface area (Å²) in [6.07, 6.45) is 0. The predicted molar refractivity (Wildman–Crippen MR) is 65.9 cm³/mol. The van der Waals surface area contributed by atoms with Gasteiger partial charge in [0.05, 0.1) is 24.0 Å². The molecule has 0 aromatic heterocycles. The molecule has 0 saturated carbocycles. The number of amidine groups is 1. The fraction of sp³-hybridized carbons (Fsp3) is 0.385. The second kappa shape index (κ2) is 4.80. The first-order valence-corrected chi connectivity index (χ1v) is 5.23. The van der Waals surface area contributed by atoms with Crippen LogP contribution in [0.5, 0.6) is 0 Å². The summed E-state index contributed by atoms with van der Waals surface area (Å²) in [4.78, 5) is 4.33. The lowest BCUT2D eigenvalue weighted by atomic mass is 9.95. The van der Waals surface area contributed by atoms with Crippen LogP contribution >= 0.6 is 0 Å². The Balaban J connectivity index is 2.72. The summed E-state index contributed by atoms with van der Waals surface area (Å²) < 4.78 is 0. The van der Waals surface area contributed by atoms with Gasteiger partial charge < -0.3 is 5.73 Å². The molecule has 0 radical (unpaired) electrons. The monoisotopic (exact) mass is 215 g/mol. The molecule has 0 aliphatic heterocycles. The molecule has 0 atom stereocenters. The molecule has 2 N–H and O–H groups in total. The number of hydrogen-bond acceptors (Lipinski definition) is 2. The molecule has 0 bridgehead atoms. The zero-order valence-electron chi connectivity index (χ0n) is 9.99. The van der Waals surface area contributed by atoms with Crippen molar-refractivity contribution >= 4 is 5.84 Å². The molecule has 0 saturated heterocycles. The van der Waals surface area contributed by atoms with Crippen LogP contribution in [0.2, 0.25) is 0 Å². The predicted octanol–water partition coefficient (Wildman–Crippen LogP) is 2.46. The van der Waals surface area contributed by atoms with Crippen molar-refractivity contribution in [2.75, 3.05) is 0 Å². The fourth-order valence-electron chi connectivity index (χ4n) is 1.10. The number of nitrogens with two attached hydrogens (primary N) is 1. The molecule has 0 aliphatic carbocycles. The minimum atomic E-state index is -0.0907. The van der Waals surface area contributed by atoms with Crippen LogP contribution in [-0.2, 0) is 6.54 Å². The minimum absolute atomic E-state index is 0.0907. The molecule has 3 heteroatoms. The summed E-state index contributed by atoms with van der Waals surface area (Å²) in [5.74, 6) is 0.650. The average molecular weight is 215 g/mol. The van der Waals surface area contributed by atoms with E-state index in [1.54, 1.807) is 12.1 Å². The topological polar surface area (TPSA) is 62.2 Å². The lowest BCUT2D eigenvalue weighted by Crippen LogP contribution is -2.28. The van der Waals surface area contributed by atoms with Gasteiger partial charge in [0.2, 0.25) is 0 Å². The molecule has 0 heterocycles. The molecule has 1 rings (SSSR count). The minimum Gasteiger partial charge on any atom is -0.387 e. The van der Waals surface area contributed by atoms with Crippen LogP contribution in [0.1, 0.15) is 31.9 Å². The summed E-state index contributed by atoms with van der Waals surface area (Å²) in [5.41, 5.74) is 7.49. The summed E-state index contributed by atoms with van der Waals surface area (Å²) in [7, 11) is 0. The number of rotatable bonds is 2. The van der Waals surface area contributed by atoms with Crippen molar-refractivity contribution in [3.63, 3.8) is 0 Å². The number of benzene rings is 1. The molecule has 16 heavy (non-hydrogen) atoms. The van der Waals surface area contributed by atoms with Gasteiger partial charge in [0.1, 0.15) is 0 Å². The second-order valence-corrected chi connectivity index (χ2v) is 4.76. The Hall–Kier alpha value is -1.82. The highest BCUT2D eigenvalue weighted by Crippen LogP contribution is 2.13. The van der Waals surface area contributed by atoms with E-state index in [1.807, 2.05) is 32.9 Å². The number of aliphatic imine (C=N–C) groups is 1. The van der Waals surface area contributed by atoms with E-state index in [4.69, 9.17) is 11.0 Å². The number of hydrogen-bond donors (Lipinski definition) is 1. The third-order valence-electron chi connectivity index (χ3n) is 2.28. The third-order valence-corrected chi connectivity index (χ3v) is 2.28. The van der Waals surface area contributed by atoms with Gasteiger partial charge in [-0.25, -0.2) is 0 Å². The van der Waals surface area contributed by atoms with Crippen molar-refractivity contribution in [3.8, 4) is 6.07 Å². The molecule has 3 nitrogen and oxygen atoms in total. The Kier molecular flexibility index (Phi) is 3.68. The maximum atomic E-state index is 8.66. The quantitative estimate of drug-likeness (QED) is 0.608. The van der Waals surface area contributed by atoms with Gasteiger partial charge in [-0.2, -0.15) is 5.26 Å². The molecule has 1 aromatic carbocycles. The molecule has 84 valence electrons. The molecule has 0 fully saturated rings. The molecule has 0 unspecified atom stereocenters. The van der Waals surface area contributed by atoms with Crippen LogP contribution in [0.3, 0.4) is 0 Å². The second-order valence-electron chi connectivity index (χ2n) is 4.76. The Morgan fingerprint density at radius 2 is 1.88 bits per heavy atom. The van der Waals surface area contributed by atoms with E-state index >= 15 is 0 Å². The van der Waals surface area contributed by atoms with Gasteiger partial charge in [-0.05, 0) is 17.7 Å². The normalized spacial score (nSPS) is 12.2. The van der Waals surface area contributed by atoms with E-state index < -0.39 is 0 Å². The molecule has 0 amide bonds. The SMILES string of the molecule is CC(C)(C)C(N)=NCc1ccc(C#N)cc1. The molecule has 0 aliphatic rings. The zero-order chi connectivity index (χ0) is 12.2. The molecule has 1 aromatic rings. The van der Waals surface area contributed by atoms with Crippen molar-refractivity contribution in [1.82, 2.24) is 0 Å². The van der Waals surface area contributed by atoms with Crippen LogP contribution in [0, 0.1) is 16.7 Å². The Morgan fingerprint density at radius 1 is 1.31 bits per heavy atom. The van der Waals surface area contributed by atoms with Gasteiger partial charge in [-0.15, -0.1) is 0 Å². The standard InChI is InChI=1S/C13H17N3/c1-13(2,3)12(15)16-9-11-6-4-10(8-14)5-7-11/h4-7H,9H2,1-3H3,(H2,15,16). The fourth-order valence-corrected chi connectivity index (χ4v) is 1.10. The number of nitrogens with zero attached hydrogens (tertiary/aromatic N) is 2. The molecular weight excluding hydrogens is 198 g/mol. The highest BCUT2D eigenvalue weighted by Gasteiger charge is 2.14. The summed E-state index contributed by atoms with van der Waals surface area (Å²) in [5, 5.41) is 8.66. The van der Waals surface area contributed by atoms with Gasteiger partial charge in [0, 0.05) is 5.41 Å². The zero-order valence-corrected chi connectivity index (χ0v) is 9.99. The van der Waals surface area contributed by atoms with Crippen molar-refractivity contribution in [2.45, 2.75) is 27.3 Å². The third kappa shape index (κ3) is 3.39. The van der Waals surface area contributed by atoms with Crippen molar-refractivity contribution in [2.24, 2.45) is 16.1 Å². The average Bonchev–Trinajstić information content (AvgIpc) is 2.25. The highest BCUT2D eigenvalue weighted by atomic mass is 14.9. The van der Waals surface area contributed by atoms with E-state index in [0.29, 0.717) is 17.9 Å². The lowest BCUT2D eigenvalue weighted by molar-refractivity contribution is 0.581. The highest BCUT2D eigenvalue weighted by molar-refractivity contribution is 5.85. The summed E-state index contributed by atoms with van der Waals surface area (Å²) in [6, 6.07) is 9.46. The first-order valence-electron chi connectivity index (χ1n) is 5.23. The first kappa shape index (κ1) is 12.3. The number of nitriles is 1. The maximum absolute atomic E-state index is 8.66. The van der Waals surface area contributed by atoms with Gasteiger partial charge in [-0.3, -0.25) is 4.99 Å². The van der Waals surface area contributed by atoms with Crippen LogP contribution in [0.15, 0.2) is 29.3 Å². The van der Waals surface area contributed by atoms with E-state index in [-0.39, 0.29) is 5.41 Å². The van der Waals surface area contributed by atoms with Gasteiger partial charge >= 0.3 is 0 Å². The Labute approximate surface area is 96.6 Å². The molecular formula is C13H17N3. The van der Waals surface area contributed by atoms with Crippen molar-refractivity contribution < 1.29 is 0 Å². The summed E-state index contributed by atoms with van der Waals surface area (Å²) >= 11 is 0. The van der Waals surface area contributed by atoms with Crippen molar-refractivity contribution in [1.29, 1.82) is 5.26 Å². The largest absolute Gasteiger partial charge is 0.387 e. The van der Waals surface area contributed by atoms with Crippen LogP contribution in [-0.4, -0.2) is 5.84 Å². The van der Waals surface area contributed by atoms with E-state index in [9.17, 15) is 0 Å². The Bertz CT molecular complexity index is 416. The van der Waals surface area contributed by atoms with Gasteiger partial charge in [-0.1, -0.05) is 32.9 Å². The molecule has 0 spiro atoms. The smallest absolute Gasteiger partial charge is 0.0995 e. The summed E-state index contributed by atoms with van der Waals surface area (Å²) in [6.45, 7) is 6.66. The lowest BCUT2D eigenvalue weighted by Gasteiger charge is -2.17. The van der Waals surface area contributed by atoms with Crippen LogP contribution < -0.4 is 5.73 Å². The first-order chi connectivity index (χ1) is 7.43. The van der Waals surface area contributed by atoms with E-state index in [0.717, 1.165) is 5.56 Å². The van der Waals surface area contributed by atoms with Crippen LogP contribution in [0.4, 0.5) is 0 Å².